The summed E-state index contributed by atoms with van der Waals surface area (Å²) in [5.41, 5.74) is -0.625. The highest BCUT2D eigenvalue weighted by Crippen LogP contribution is 2.19. The Balaban J connectivity index is 2.67. The van der Waals surface area contributed by atoms with E-state index in [1.807, 2.05) is 0 Å². The fourth-order valence-corrected chi connectivity index (χ4v) is 2.46. The number of urea groups is 1. The lowest BCUT2D eigenvalue weighted by molar-refractivity contribution is -0.137. The molecule has 1 heterocycles. The molecule has 7 heteroatoms. The van der Waals surface area contributed by atoms with Crippen molar-refractivity contribution in [2.45, 2.75) is 57.5 Å². The number of nitrogens with zero attached hydrogens (tertiary/aromatic N) is 1. The molecular weight excluding hydrogens is 274 g/mol. The quantitative estimate of drug-likeness (QED) is 0.703. The number of rotatable bonds is 5. The van der Waals surface area contributed by atoms with Crippen molar-refractivity contribution in [3.8, 4) is 0 Å². The molecule has 0 aliphatic carbocycles. The van der Waals surface area contributed by atoms with Gasteiger partial charge in [-0.1, -0.05) is 0 Å². The van der Waals surface area contributed by atoms with Crippen molar-refractivity contribution in [1.82, 2.24) is 15.5 Å². The molecule has 0 saturated carbocycles. The molecule has 0 radical (unpaired) electrons. The largest absolute Gasteiger partial charge is 0.481 e. The third-order valence-corrected chi connectivity index (χ3v) is 3.72. The number of piperidine rings is 1. The van der Waals surface area contributed by atoms with Gasteiger partial charge in [-0.25, -0.2) is 4.79 Å². The summed E-state index contributed by atoms with van der Waals surface area (Å²) in [7, 11) is 1.56. The maximum atomic E-state index is 12.4. The Morgan fingerprint density at radius 1 is 1.29 bits per heavy atom. The van der Waals surface area contributed by atoms with Crippen molar-refractivity contribution in [2.75, 3.05) is 13.6 Å². The molecular formula is C14H25N3O4. The Morgan fingerprint density at radius 3 is 2.52 bits per heavy atom. The van der Waals surface area contributed by atoms with E-state index in [-0.39, 0.29) is 18.4 Å². The molecule has 1 atom stereocenters. The van der Waals surface area contributed by atoms with Crippen LogP contribution in [0.3, 0.4) is 0 Å². The van der Waals surface area contributed by atoms with Crippen LogP contribution < -0.4 is 10.6 Å². The number of carbonyl (C=O) groups is 3. The monoisotopic (exact) mass is 299 g/mol. The van der Waals surface area contributed by atoms with Crippen LogP contribution in [0.2, 0.25) is 0 Å². The lowest BCUT2D eigenvalue weighted by Gasteiger charge is -2.37. The van der Waals surface area contributed by atoms with E-state index < -0.39 is 17.6 Å². The molecule has 1 unspecified atom stereocenters. The van der Waals surface area contributed by atoms with E-state index in [0.29, 0.717) is 19.4 Å². The van der Waals surface area contributed by atoms with Gasteiger partial charge in [0.05, 0.1) is 0 Å². The summed E-state index contributed by atoms with van der Waals surface area (Å²) in [6.45, 7) is 4.11. The lowest BCUT2D eigenvalue weighted by atomic mass is 9.98. The first-order valence-electron chi connectivity index (χ1n) is 7.29. The van der Waals surface area contributed by atoms with Crippen LogP contribution in [-0.4, -0.2) is 53.1 Å². The number of aliphatic carboxylic acids is 1. The third kappa shape index (κ3) is 5.24. The van der Waals surface area contributed by atoms with Gasteiger partial charge in [0.15, 0.2) is 0 Å². The third-order valence-electron chi connectivity index (χ3n) is 3.72. The first-order chi connectivity index (χ1) is 9.76. The van der Waals surface area contributed by atoms with Crippen LogP contribution in [0.15, 0.2) is 0 Å². The molecule has 1 aliphatic heterocycles. The summed E-state index contributed by atoms with van der Waals surface area (Å²) in [4.78, 5) is 36.4. The minimum Gasteiger partial charge on any atom is -0.481 e. The van der Waals surface area contributed by atoms with E-state index in [4.69, 9.17) is 5.11 Å². The molecule has 0 aromatic carbocycles. The molecule has 3 amide bonds. The summed E-state index contributed by atoms with van der Waals surface area (Å²) in [6, 6.07) is -0.752. The van der Waals surface area contributed by atoms with Crippen molar-refractivity contribution >= 4 is 17.9 Å². The van der Waals surface area contributed by atoms with Crippen LogP contribution in [0, 0.1) is 0 Å². The smallest absolute Gasteiger partial charge is 0.318 e. The highest BCUT2D eigenvalue weighted by molar-refractivity contribution is 5.87. The molecule has 0 aromatic heterocycles. The van der Waals surface area contributed by atoms with Gasteiger partial charge in [-0.2, -0.15) is 0 Å². The number of hydrogen-bond donors (Lipinski definition) is 3. The minimum atomic E-state index is -0.890. The van der Waals surface area contributed by atoms with E-state index in [1.165, 1.54) is 0 Å². The Bertz CT molecular complexity index is 409. The van der Waals surface area contributed by atoms with Crippen molar-refractivity contribution in [3.05, 3.63) is 0 Å². The minimum absolute atomic E-state index is 0.00778. The molecule has 1 fully saturated rings. The fraction of sp³-hybridized carbons (Fsp3) is 0.786. The lowest BCUT2D eigenvalue weighted by Crippen LogP contribution is -2.57. The molecule has 1 aliphatic rings. The standard InChI is InChI=1S/C14H25N3O4/c1-14(2,8-7-11(18)19)16-13(21)17-9-5-4-6-10(17)12(20)15-3/h10H,4-9H2,1-3H3,(H,15,20)(H,16,21)(H,18,19). The molecule has 21 heavy (non-hydrogen) atoms. The van der Waals surface area contributed by atoms with E-state index in [2.05, 4.69) is 10.6 Å². The second-order valence-electron chi connectivity index (χ2n) is 6.03. The number of nitrogens with one attached hydrogen (secondary N) is 2. The highest BCUT2D eigenvalue weighted by atomic mass is 16.4. The van der Waals surface area contributed by atoms with E-state index in [9.17, 15) is 14.4 Å². The van der Waals surface area contributed by atoms with Gasteiger partial charge in [-0.3, -0.25) is 9.59 Å². The van der Waals surface area contributed by atoms with Gasteiger partial charge >= 0.3 is 12.0 Å². The Morgan fingerprint density at radius 2 is 1.95 bits per heavy atom. The van der Waals surface area contributed by atoms with Crippen LogP contribution in [-0.2, 0) is 9.59 Å². The molecule has 7 nitrogen and oxygen atoms in total. The summed E-state index contributed by atoms with van der Waals surface area (Å²) < 4.78 is 0. The van der Waals surface area contributed by atoms with Crippen LogP contribution in [0.5, 0.6) is 0 Å². The first-order valence-corrected chi connectivity index (χ1v) is 7.29. The zero-order valence-electron chi connectivity index (χ0n) is 12.9. The SMILES string of the molecule is CNC(=O)C1CCCCN1C(=O)NC(C)(C)CCC(=O)O. The van der Waals surface area contributed by atoms with E-state index in [0.717, 1.165) is 12.8 Å². The van der Waals surface area contributed by atoms with Gasteiger partial charge in [0.25, 0.3) is 0 Å². The molecule has 0 aromatic rings. The van der Waals surface area contributed by atoms with Crippen LogP contribution in [0.1, 0.15) is 46.0 Å². The van der Waals surface area contributed by atoms with Crippen LogP contribution in [0.25, 0.3) is 0 Å². The maximum Gasteiger partial charge on any atom is 0.318 e. The van der Waals surface area contributed by atoms with E-state index in [1.54, 1.807) is 25.8 Å². The van der Waals surface area contributed by atoms with Gasteiger partial charge in [0, 0.05) is 25.6 Å². The van der Waals surface area contributed by atoms with Gasteiger partial charge in [0.1, 0.15) is 6.04 Å². The number of amides is 3. The second-order valence-corrected chi connectivity index (χ2v) is 6.03. The number of carboxylic acids is 1. The topological polar surface area (TPSA) is 98.7 Å². The summed E-state index contributed by atoms with van der Waals surface area (Å²) in [6.07, 6.45) is 2.78. The van der Waals surface area contributed by atoms with Crippen molar-refractivity contribution in [3.63, 3.8) is 0 Å². The number of hydrogen-bond acceptors (Lipinski definition) is 3. The van der Waals surface area contributed by atoms with Crippen molar-refractivity contribution in [1.29, 1.82) is 0 Å². The molecule has 0 bridgehead atoms. The summed E-state index contributed by atoms with van der Waals surface area (Å²) >= 11 is 0. The molecule has 0 spiro atoms. The molecule has 1 saturated heterocycles. The Hall–Kier alpha value is -1.79. The Labute approximate surface area is 125 Å². The predicted molar refractivity (Wildman–Crippen MR) is 77.9 cm³/mol. The van der Waals surface area contributed by atoms with E-state index >= 15 is 0 Å². The molecule has 120 valence electrons. The highest BCUT2D eigenvalue weighted by Gasteiger charge is 2.33. The average Bonchev–Trinajstić information content (AvgIpc) is 2.44. The van der Waals surface area contributed by atoms with Gasteiger partial charge in [0.2, 0.25) is 5.91 Å². The van der Waals surface area contributed by atoms with Gasteiger partial charge < -0.3 is 20.6 Å². The second kappa shape index (κ2) is 7.28. The van der Waals surface area contributed by atoms with Gasteiger partial charge in [-0.15, -0.1) is 0 Å². The van der Waals surface area contributed by atoms with Crippen molar-refractivity contribution < 1.29 is 19.5 Å². The summed E-state index contributed by atoms with van der Waals surface area (Å²) in [5, 5.41) is 14.1. The van der Waals surface area contributed by atoms with Crippen LogP contribution >= 0.6 is 0 Å². The number of likely N-dealkylation sites (N-methyl/N-ethyl adjacent to an activating group) is 1. The first kappa shape index (κ1) is 17.3. The fourth-order valence-electron chi connectivity index (χ4n) is 2.46. The Kier molecular flexibility index (Phi) is 5.99. The average molecular weight is 299 g/mol. The van der Waals surface area contributed by atoms with Crippen molar-refractivity contribution in [2.24, 2.45) is 0 Å². The molecule has 3 N–H and O–H groups in total. The zero-order chi connectivity index (χ0) is 16.0. The molecule has 1 rings (SSSR count). The number of carboxylic acid groups (broad SMARTS) is 1. The normalized spacial score (nSPS) is 19.0. The van der Waals surface area contributed by atoms with Gasteiger partial charge in [-0.05, 0) is 39.5 Å². The van der Waals surface area contributed by atoms with Crippen LogP contribution in [0.4, 0.5) is 4.79 Å². The predicted octanol–water partition coefficient (Wildman–Crippen LogP) is 0.940. The zero-order valence-corrected chi connectivity index (χ0v) is 12.9. The number of likely N-dealkylation sites (tertiary alicyclic amines) is 1. The maximum absolute atomic E-state index is 12.4. The summed E-state index contributed by atoms with van der Waals surface area (Å²) in [5.74, 6) is -1.05. The number of carbonyl (C=O) groups excluding carboxylic acids is 2.